The van der Waals surface area contributed by atoms with Gasteiger partial charge in [-0.25, -0.2) is 0 Å². The molecule has 102 valence electrons. The summed E-state index contributed by atoms with van der Waals surface area (Å²) in [6.07, 6.45) is 2.33. The van der Waals surface area contributed by atoms with E-state index in [1.54, 1.807) is 0 Å². The third-order valence-electron chi connectivity index (χ3n) is 4.33. The first-order chi connectivity index (χ1) is 10.3. The van der Waals surface area contributed by atoms with Crippen LogP contribution in [0.5, 0.6) is 0 Å². The Labute approximate surface area is 125 Å². The molecular weight excluding hydrogens is 254 g/mol. The van der Waals surface area contributed by atoms with Crippen molar-refractivity contribution in [3.8, 4) is 0 Å². The minimum absolute atomic E-state index is 1.06. The molecule has 0 fully saturated rings. The highest BCUT2D eigenvalue weighted by molar-refractivity contribution is 6.04. The van der Waals surface area contributed by atoms with E-state index in [2.05, 4.69) is 61.5 Å². The number of hydrogen-bond donors (Lipinski definition) is 0. The fourth-order valence-electron chi connectivity index (χ4n) is 3.25. The number of benzene rings is 3. The number of nitrogens with zero attached hydrogens (tertiary/aromatic N) is 1. The summed E-state index contributed by atoms with van der Waals surface area (Å²) in [6, 6.07) is 21.4. The van der Waals surface area contributed by atoms with Crippen molar-refractivity contribution in [3.63, 3.8) is 0 Å². The first-order valence-electron chi connectivity index (χ1n) is 7.47. The average Bonchev–Trinajstić information content (AvgIpc) is 2.96. The molecular formula is C20H17N. The lowest BCUT2D eigenvalue weighted by molar-refractivity contribution is 1.02. The quantitative estimate of drug-likeness (QED) is 0.576. The van der Waals surface area contributed by atoms with Gasteiger partial charge in [0.25, 0.3) is 0 Å². The number of rotatable bonds is 2. The van der Waals surface area contributed by atoms with Crippen LogP contribution in [-0.4, -0.2) is 5.71 Å². The lowest BCUT2D eigenvalue weighted by Gasteiger charge is -2.07. The van der Waals surface area contributed by atoms with Gasteiger partial charge in [-0.05, 0) is 47.9 Å². The Bertz CT molecular complexity index is 834. The number of aliphatic imine (C=N–C) groups is 1. The fourth-order valence-corrected chi connectivity index (χ4v) is 3.25. The van der Waals surface area contributed by atoms with Crippen molar-refractivity contribution in [1.82, 2.24) is 0 Å². The molecule has 0 amide bonds. The molecule has 1 nitrogen and oxygen atoms in total. The van der Waals surface area contributed by atoms with Gasteiger partial charge in [0.1, 0.15) is 0 Å². The summed E-state index contributed by atoms with van der Waals surface area (Å²) < 4.78 is 0. The van der Waals surface area contributed by atoms with Crippen molar-refractivity contribution in [2.24, 2.45) is 4.99 Å². The van der Waals surface area contributed by atoms with E-state index in [0.717, 1.165) is 24.2 Å². The van der Waals surface area contributed by atoms with Gasteiger partial charge in [-0.3, -0.25) is 4.99 Å². The summed E-state index contributed by atoms with van der Waals surface area (Å²) in [4.78, 5) is 4.88. The summed E-state index contributed by atoms with van der Waals surface area (Å²) in [5, 5.41) is 2.72. The molecule has 0 aromatic heterocycles. The second kappa shape index (κ2) is 4.85. The van der Waals surface area contributed by atoms with Crippen molar-refractivity contribution in [1.29, 1.82) is 0 Å². The van der Waals surface area contributed by atoms with E-state index in [9.17, 15) is 0 Å². The Hall–Kier alpha value is -2.41. The standard InChI is InChI=1S/C20H17N/c1-14(15-6-3-2-4-7-15)21-19-13-12-17-11-10-16-8-5-9-18(19)20(16)17/h2-9,12-13H,10-11H2,1H3. The molecule has 1 aliphatic carbocycles. The van der Waals surface area contributed by atoms with Crippen molar-refractivity contribution in [2.45, 2.75) is 19.8 Å². The van der Waals surface area contributed by atoms with Crippen LogP contribution in [-0.2, 0) is 12.8 Å². The van der Waals surface area contributed by atoms with Crippen LogP contribution in [0.3, 0.4) is 0 Å². The van der Waals surface area contributed by atoms with E-state index in [1.165, 1.54) is 27.5 Å². The maximum atomic E-state index is 4.88. The summed E-state index contributed by atoms with van der Waals surface area (Å²) in [5.41, 5.74) is 6.27. The molecule has 0 atom stereocenters. The summed E-state index contributed by atoms with van der Waals surface area (Å²) in [5.74, 6) is 0. The molecule has 0 spiro atoms. The summed E-state index contributed by atoms with van der Waals surface area (Å²) >= 11 is 0. The monoisotopic (exact) mass is 271 g/mol. The zero-order valence-electron chi connectivity index (χ0n) is 12.1. The highest BCUT2D eigenvalue weighted by Gasteiger charge is 2.15. The van der Waals surface area contributed by atoms with Crippen LogP contribution in [0.4, 0.5) is 5.69 Å². The smallest absolute Gasteiger partial charge is 0.0711 e. The molecule has 1 heteroatoms. The van der Waals surface area contributed by atoms with Gasteiger partial charge in [-0.15, -0.1) is 0 Å². The zero-order chi connectivity index (χ0) is 14.2. The van der Waals surface area contributed by atoms with Crippen LogP contribution in [0.2, 0.25) is 0 Å². The second-order valence-electron chi connectivity index (χ2n) is 5.65. The van der Waals surface area contributed by atoms with Crippen LogP contribution >= 0.6 is 0 Å². The number of hydrogen-bond acceptors (Lipinski definition) is 1. The van der Waals surface area contributed by atoms with Crippen molar-refractivity contribution in [2.75, 3.05) is 0 Å². The molecule has 1 aliphatic rings. The van der Waals surface area contributed by atoms with Crippen LogP contribution in [0.1, 0.15) is 23.6 Å². The highest BCUT2D eigenvalue weighted by Crippen LogP contribution is 2.36. The lowest BCUT2D eigenvalue weighted by atomic mass is 10.0. The topological polar surface area (TPSA) is 12.4 Å². The molecule has 4 rings (SSSR count). The van der Waals surface area contributed by atoms with Gasteiger partial charge in [0.15, 0.2) is 0 Å². The minimum Gasteiger partial charge on any atom is -0.252 e. The van der Waals surface area contributed by atoms with Crippen molar-refractivity contribution >= 4 is 22.2 Å². The van der Waals surface area contributed by atoms with Crippen LogP contribution in [0.25, 0.3) is 10.8 Å². The maximum absolute atomic E-state index is 4.88. The maximum Gasteiger partial charge on any atom is 0.0711 e. The van der Waals surface area contributed by atoms with E-state index in [-0.39, 0.29) is 0 Å². The predicted molar refractivity (Wildman–Crippen MR) is 89.7 cm³/mol. The van der Waals surface area contributed by atoms with Gasteiger partial charge >= 0.3 is 0 Å². The van der Waals surface area contributed by atoms with E-state index in [4.69, 9.17) is 4.99 Å². The predicted octanol–water partition coefficient (Wildman–Crippen LogP) is 5.08. The van der Waals surface area contributed by atoms with E-state index in [1.807, 2.05) is 6.07 Å². The Morgan fingerprint density at radius 1 is 0.810 bits per heavy atom. The molecule has 3 aromatic carbocycles. The molecule has 0 aliphatic heterocycles. The first-order valence-corrected chi connectivity index (χ1v) is 7.47. The van der Waals surface area contributed by atoms with Gasteiger partial charge in [-0.2, -0.15) is 0 Å². The molecule has 21 heavy (non-hydrogen) atoms. The highest BCUT2D eigenvalue weighted by atomic mass is 14.7. The summed E-state index contributed by atoms with van der Waals surface area (Å²) in [7, 11) is 0. The SMILES string of the molecule is CC(=Nc1ccc2c3c(cccc13)CC2)c1ccccc1. The molecule has 0 N–H and O–H groups in total. The van der Waals surface area contributed by atoms with Gasteiger partial charge in [-0.1, -0.05) is 54.6 Å². The average molecular weight is 271 g/mol. The molecule has 0 radical (unpaired) electrons. The Morgan fingerprint density at radius 3 is 2.38 bits per heavy atom. The zero-order valence-corrected chi connectivity index (χ0v) is 12.1. The summed E-state index contributed by atoms with van der Waals surface area (Å²) in [6.45, 7) is 2.08. The van der Waals surface area contributed by atoms with Gasteiger partial charge in [0.05, 0.1) is 5.69 Å². The molecule has 0 heterocycles. The van der Waals surface area contributed by atoms with E-state index in [0.29, 0.717) is 0 Å². The van der Waals surface area contributed by atoms with Gasteiger partial charge in [0.2, 0.25) is 0 Å². The van der Waals surface area contributed by atoms with Crippen LogP contribution in [0.15, 0.2) is 65.7 Å². The Morgan fingerprint density at radius 2 is 1.57 bits per heavy atom. The molecule has 0 saturated carbocycles. The third kappa shape index (κ3) is 2.06. The third-order valence-corrected chi connectivity index (χ3v) is 4.33. The normalized spacial score (nSPS) is 13.9. The lowest BCUT2D eigenvalue weighted by Crippen LogP contribution is -1.93. The van der Waals surface area contributed by atoms with Crippen molar-refractivity contribution < 1.29 is 0 Å². The van der Waals surface area contributed by atoms with Crippen molar-refractivity contribution in [3.05, 3.63) is 77.4 Å². The van der Waals surface area contributed by atoms with Gasteiger partial charge < -0.3 is 0 Å². The van der Waals surface area contributed by atoms with E-state index < -0.39 is 0 Å². The minimum atomic E-state index is 1.06. The number of aryl methyl sites for hydroxylation is 2. The van der Waals surface area contributed by atoms with Crippen LogP contribution < -0.4 is 0 Å². The van der Waals surface area contributed by atoms with E-state index >= 15 is 0 Å². The Balaban J connectivity index is 1.89. The largest absolute Gasteiger partial charge is 0.252 e. The Kier molecular flexibility index (Phi) is 2.85. The molecule has 0 saturated heterocycles. The molecule has 3 aromatic rings. The van der Waals surface area contributed by atoms with Crippen LogP contribution in [0, 0.1) is 0 Å². The second-order valence-corrected chi connectivity index (χ2v) is 5.65. The first kappa shape index (κ1) is 12.3. The molecule has 0 unspecified atom stereocenters. The molecule has 0 bridgehead atoms. The fraction of sp³-hybridized carbons (Fsp3) is 0.150. The van der Waals surface area contributed by atoms with Gasteiger partial charge in [0, 0.05) is 11.1 Å².